The molecule has 5 nitrogen and oxygen atoms in total. The SMILES string of the molecule is CCOC(=O)CC(C)NC(=O)Nc1cccc(Br)c1. The first kappa shape index (κ1) is 15.5. The predicted molar refractivity (Wildman–Crippen MR) is 77.0 cm³/mol. The quantitative estimate of drug-likeness (QED) is 0.816. The predicted octanol–water partition coefficient (Wildman–Crippen LogP) is 2.91. The van der Waals surface area contributed by atoms with Crippen molar-refractivity contribution in [3.05, 3.63) is 28.7 Å². The summed E-state index contributed by atoms with van der Waals surface area (Å²) in [5.74, 6) is -0.322. The summed E-state index contributed by atoms with van der Waals surface area (Å²) in [6, 6.07) is 6.62. The summed E-state index contributed by atoms with van der Waals surface area (Å²) in [6.45, 7) is 3.84. The van der Waals surface area contributed by atoms with Crippen molar-refractivity contribution in [1.82, 2.24) is 5.32 Å². The zero-order chi connectivity index (χ0) is 14.3. The van der Waals surface area contributed by atoms with Crippen molar-refractivity contribution in [2.24, 2.45) is 0 Å². The van der Waals surface area contributed by atoms with Gasteiger partial charge in [0, 0.05) is 16.2 Å². The van der Waals surface area contributed by atoms with E-state index in [-0.39, 0.29) is 24.5 Å². The second-order valence-electron chi connectivity index (χ2n) is 4.02. The lowest BCUT2D eigenvalue weighted by Crippen LogP contribution is -2.37. The molecule has 0 aliphatic heterocycles. The number of ether oxygens (including phenoxy) is 1. The van der Waals surface area contributed by atoms with Gasteiger partial charge in [0.15, 0.2) is 0 Å². The van der Waals surface area contributed by atoms with Gasteiger partial charge in [0.1, 0.15) is 0 Å². The third-order valence-corrected chi connectivity index (χ3v) is 2.73. The second kappa shape index (κ2) is 7.78. The molecule has 1 rings (SSSR count). The number of hydrogen-bond acceptors (Lipinski definition) is 3. The van der Waals surface area contributed by atoms with Crippen LogP contribution in [0.25, 0.3) is 0 Å². The van der Waals surface area contributed by atoms with Crippen LogP contribution in [0.4, 0.5) is 10.5 Å². The van der Waals surface area contributed by atoms with E-state index in [0.29, 0.717) is 12.3 Å². The van der Waals surface area contributed by atoms with Gasteiger partial charge in [-0.2, -0.15) is 0 Å². The van der Waals surface area contributed by atoms with E-state index in [1.54, 1.807) is 26.0 Å². The number of urea groups is 1. The second-order valence-corrected chi connectivity index (χ2v) is 4.93. The molecule has 19 heavy (non-hydrogen) atoms. The van der Waals surface area contributed by atoms with E-state index in [0.717, 1.165) is 4.47 Å². The van der Waals surface area contributed by atoms with E-state index < -0.39 is 0 Å². The first-order valence-electron chi connectivity index (χ1n) is 6.00. The summed E-state index contributed by atoms with van der Waals surface area (Å²) in [5, 5.41) is 5.36. The number of anilines is 1. The highest BCUT2D eigenvalue weighted by atomic mass is 79.9. The van der Waals surface area contributed by atoms with E-state index in [9.17, 15) is 9.59 Å². The summed E-state index contributed by atoms with van der Waals surface area (Å²) < 4.78 is 5.69. The van der Waals surface area contributed by atoms with E-state index >= 15 is 0 Å². The molecular formula is C13H17BrN2O3. The van der Waals surface area contributed by atoms with Crippen molar-refractivity contribution in [1.29, 1.82) is 0 Å². The van der Waals surface area contributed by atoms with Gasteiger partial charge < -0.3 is 15.4 Å². The topological polar surface area (TPSA) is 67.4 Å². The summed E-state index contributed by atoms with van der Waals surface area (Å²) >= 11 is 3.32. The smallest absolute Gasteiger partial charge is 0.319 e. The van der Waals surface area contributed by atoms with Crippen molar-refractivity contribution >= 4 is 33.6 Å². The van der Waals surface area contributed by atoms with Crippen LogP contribution >= 0.6 is 15.9 Å². The van der Waals surface area contributed by atoms with Crippen LogP contribution in [0, 0.1) is 0 Å². The van der Waals surface area contributed by atoms with Crippen LogP contribution in [0.1, 0.15) is 20.3 Å². The first-order valence-corrected chi connectivity index (χ1v) is 6.79. The molecule has 6 heteroatoms. The number of carbonyl (C=O) groups excluding carboxylic acids is 2. The number of nitrogens with one attached hydrogen (secondary N) is 2. The number of carbonyl (C=O) groups is 2. The molecular weight excluding hydrogens is 312 g/mol. The Hall–Kier alpha value is -1.56. The Bertz CT molecular complexity index is 451. The van der Waals surface area contributed by atoms with Gasteiger partial charge in [-0.3, -0.25) is 4.79 Å². The van der Waals surface area contributed by atoms with E-state index in [4.69, 9.17) is 4.74 Å². The van der Waals surface area contributed by atoms with Gasteiger partial charge in [0.25, 0.3) is 0 Å². The molecule has 0 aliphatic carbocycles. The van der Waals surface area contributed by atoms with Crippen LogP contribution < -0.4 is 10.6 Å². The minimum absolute atomic E-state index is 0.153. The largest absolute Gasteiger partial charge is 0.466 e. The Balaban J connectivity index is 2.40. The van der Waals surface area contributed by atoms with E-state index in [1.165, 1.54) is 0 Å². The van der Waals surface area contributed by atoms with Gasteiger partial charge in [-0.1, -0.05) is 22.0 Å². The summed E-state index contributed by atoms with van der Waals surface area (Å²) in [7, 11) is 0. The van der Waals surface area contributed by atoms with E-state index in [1.807, 2.05) is 12.1 Å². The molecule has 0 radical (unpaired) electrons. The van der Waals surface area contributed by atoms with Crippen molar-refractivity contribution < 1.29 is 14.3 Å². The number of esters is 1. The minimum atomic E-state index is -0.352. The molecule has 0 heterocycles. The molecule has 1 atom stereocenters. The van der Waals surface area contributed by atoms with Gasteiger partial charge in [-0.05, 0) is 32.0 Å². The molecule has 0 fully saturated rings. The maximum absolute atomic E-state index is 11.7. The van der Waals surface area contributed by atoms with Crippen LogP contribution in [0.2, 0.25) is 0 Å². The Morgan fingerprint density at radius 2 is 2.16 bits per heavy atom. The number of benzene rings is 1. The van der Waals surface area contributed by atoms with Gasteiger partial charge >= 0.3 is 12.0 Å². The molecule has 2 amide bonds. The van der Waals surface area contributed by atoms with Crippen LogP contribution in [0.3, 0.4) is 0 Å². The average molecular weight is 329 g/mol. The average Bonchev–Trinajstić information content (AvgIpc) is 2.28. The lowest BCUT2D eigenvalue weighted by Gasteiger charge is -2.14. The molecule has 1 unspecified atom stereocenters. The van der Waals surface area contributed by atoms with Gasteiger partial charge in [-0.25, -0.2) is 4.79 Å². The molecule has 1 aromatic carbocycles. The fraction of sp³-hybridized carbons (Fsp3) is 0.385. The van der Waals surface area contributed by atoms with Gasteiger partial charge in [-0.15, -0.1) is 0 Å². The summed E-state index contributed by atoms with van der Waals surface area (Å²) in [4.78, 5) is 22.9. The lowest BCUT2D eigenvalue weighted by molar-refractivity contribution is -0.143. The molecule has 0 aliphatic rings. The molecule has 0 saturated heterocycles. The normalized spacial score (nSPS) is 11.5. The highest BCUT2D eigenvalue weighted by Gasteiger charge is 2.12. The van der Waals surface area contributed by atoms with Crippen molar-refractivity contribution in [3.63, 3.8) is 0 Å². The number of hydrogen-bond donors (Lipinski definition) is 2. The lowest BCUT2D eigenvalue weighted by atomic mass is 10.2. The van der Waals surface area contributed by atoms with Crippen molar-refractivity contribution in [2.75, 3.05) is 11.9 Å². The van der Waals surface area contributed by atoms with E-state index in [2.05, 4.69) is 26.6 Å². The van der Waals surface area contributed by atoms with Crippen molar-refractivity contribution in [3.8, 4) is 0 Å². The zero-order valence-corrected chi connectivity index (χ0v) is 12.5. The molecule has 1 aromatic rings. The van der Waals surface area contributed by atoms with Gasteiger partial charge in [0.05, 0.1) is 13.0 Å². The number of rotatable bonds is 5. The number of halogens is 1. The highest BCUT2D eigenvalue weighted by molar-refractivity contribution is 9.10. The fourth-order valence-electron chi connectivity index (χ4n) is 1.48. The minimum Gasteiger partial charge on any atom is -0.466 e. The Morgan fingerprint density at radius 1 is 1.42 bits per heavy atom. The first-order chi connectivity index (χ1) is 9.01. The van der Waals surface area contributed by atoms with Crippen molar-refractivity contribution in [2.45, 2.75) is 26.3 Å². The Kier molecular flexibility index (Phi) is 6.35. The monoisotopic (exact) mass is 328 g/mol. The third-order valence-electron chi connectivity index (χ3n) is 2.24. The Morgan fingerprint density at radius 3 is 2.79 bits per heavy atom. The van der Waals surface area contributed by atoms with Gasteiger partial charge in [0.2, 0.25) is 0 Å². The maximum Gasteiger partial charge on any atom is 0.319 e. The molecule has 104 valence electrons. The summed E-state index contributed by atoms with van der Waals surface area (Å²) in [5.41, 5.74) is 0.676. The standard InChI is InChI=1S/C13H17BrN2O3/c1-3-19-12(17)7-9(2)15-13(18)16-11-6-4-5-10(14)8-11/h4-6,8-9H,3,7H2,1-2H3,(H2,15,16,18). The molecule has 0 bridgehead atoms. The van der Waals surface area contributed by atoms with Crippen LogP contribution in [0.15, 0.2) is 28.7 Å². The van der Waals surface area contributed by atoms with Crippen LogP contribution in [-0.4, -0.2) is 24.6 Å². The Labute approximate surface area is 120 Å². The molecule has 2 N–H and O–H groups in total. The number of amides is 2. The molecule has 0 aromatic heterocycles. The van der Waals surface area contributed by atoms with Crippen LogP contribution in [-0.2, 0) is 9.53 Å². The van der Waals surface area contributed by atoms with Crippen LogP contribution in [0.5, 0.6) is 0 Å². The molecule has 0 spiro atoms. The summed E-state index contributed by atoms with van der Waals surface area (Å²) in [6.07, 6.45) is 0.153. The third kappa shape index (κ3) is 6.24. The zero-order valence-electron chi connectivity index (χ0n) is 10.9. The highest BCUT2D eigenvalue weighted by Crippen LogP contribution is 2.15. The fourth-order valence-corrected chi connectivity index (χ4v) is 1.88. The maximum atomic E-state index is 11.7. The molecule has 0 saturated carbocycles.